The molecule has 20 heavy (non-hydrogen) atoms. The number of amides is 1. The quantitative estimate of drug-likeness (QED) is 0.791. The van der Waals surface area contributed by atoms with E-state index in [1.807, 2.05) is 31.2 Å². The van der Waals surface area contributed by atoms with Crippen molar-refractivity contribution in [1.29, 1.82) is 0 Å². The van der Waals surface area contributed by atoms with E-state index in [4.69, 9.17) is 4.74 Å². The number of ether oxygens (including phenoxy) is 1. The van der Waals surface area contributed by atoms with Crippen LogP contribution in [0.1, 0.15) is 18.1 Å². The SMILES string of the molecule is COC(C)C(=O)NCC(Cc1cccc(C)c1)C(=O)O. The van der Waals surface area contributed by atoms with Crippen molar-refractivity contribution in [3.05, 3.63) is 35.4 Å². The van der Waals surface area contributed by atoms with Gasteiger partial charge in [-0.1, -0.05) is 29.8 Å². The number of carboxylic acid groups (broad SMARTS) is 1. The molecule has 0 saturated heterocycles. The Morgan fingerprint density at radius 3 is 2.65 bits per heavy atom. The van der Waals surface area contributed by atoms with Crippen molar-refractivity contribution in [3.8, 4) is 0 Å². The number of aliphatic carboxylic acids is 1. The number of carboxylic acids is 1. The van der Waals surface area contributed by atoms with Gasteiger partial charge in [0.2, 0.25) is 5.91 Å². The summed E-state index contributed by atoms with van der Waals surface area (Å²) in [6, 6.07) is 7.70. The molecule has 2 unspecified atom stereocenters. The Morgan fingerprint density at radius 2 is 2.10 bits per heavy atom. The van der Waals surface area contributed by atoms with Gasteiger partial charge in [-0.25, -0.2) is 0 Å². The van der Waals surface area contributed by atoms with E-state index >= 15 is 0 Å². The minimum Gasteiger partial charge on any atom is -0.481 e. The standard InChI is InChI=1S/C15H21NO4/c1-10-5-4-6-12(7-10)8-13(15(18)19)9-16-14(17)11(2)20-3/h4-7,11,13H,8-9H2,1-3H3,(H,16,17)(H,18,19). The Bertz CT molecular complexity index is 473. The number of aryl methyl sites for hydroxylation is 1. The van der Waals surface area contributed by atoms with Crippen molar-refractivity contribution in [2.24, 2.45) is 5.92 Å². The fraction of sp³-hybridized carbons (Fsp3) is 0.467. The summed E-state index contributed by atoms with van der Waals surface area (Å²) in [5.74, 6) is -1.87. The van der Waals surface area contributed by atoms with E-state index < -0.39 is 18.0 Å². The molecule has 2 atom stereocenters. The second kappa shape index (κ2) is 7.65. The van der Waals surface area contributed by atoms with Gasteiger partial charge in [-0.05, 0) is 25.8 Å². The van der Waals surface area contributed by atoms with Gasteiger partial charge in [0.15, 0.2) is 0 Å². The zero-order valence-electron chi connectivity index (χ0n) is 12.1. The number of nitrogens with one attached hydrogen (secondary N) is 1. The van der Waals surface area contributed by atoms with Gasteiger partial charge in [-0.15, -0.1) is 0 Å². The number of rotatable bonds is 7. The third-order valence-corrected chi connectivity index (χ3v) is 3.16. The van der Waals surface area contributed by atoms with Gasteiger partial charge in [0.25, 0.3) is 0 Å². The molecule has 110 valence electrons. The monoisotopic (exact) mass is 279 g/mol. The van der Waals surface area contributed by atoms with Crippen LogP contribution in [-0.2, 0) is 20.7 Å². The molecule has 0 aromatic heterocycles. The highest BCUT2D eigenvalue weighted by Crippen LogP contribution is 2.11. The second-order valence-electron chi connectivity index (χ2n) is 4.85. The molecule has 5 nitrogen and oxygen atoms in total. The third kappa shape index (κ3) is 5.01. The summed E-state index contributed by atoms with van der Waals surface area (Å²) in [5.41, 5.74) is 2.04. The van der Waals surface area contributed by atoms with Crippen molar-refractivity contribution >= 4 is 11.9 Å². The Labute approximate surface area is 118 Å². The zero-order chi connectivity index (χ0) is 15.1. The van der Waals surface area contributed by atoms with Crippen LogP contribution in [0.4, 0.5) is 0 Å². The number of hydrogen-bond acceptors (Lipinski definition) is 3. The second-order valence-corrected chi connectivity index (χ2v) is 4.85. The fourth-order valence-electron chi connectivity index (χ4n) is 1.84. The maximum absolute atomic E-state index is 11.6. The Morgan fingerprint density at radius 1 is 1.40 bits per heavy atom. The fourth-order valence-corrected chi connectivity index (χ4v) is 1.84. The molecule has 0 saturated carbocycles. The number of benzene rings is 1. The highest BCUT2D eigenvalue weighted by Gasteiger charge is 2.20. The van der Waals surface area contributed by atoms with E-state index in [9.17, 15) is 14.7 Å². The van der Waals surface area contributed by atoms with Gasteiger partial charge in [0.05, 0.1) is 5.92 Å². The van der Waals surface area contributed by atoms with Crippen LogP contribution in [0.5, 0.6) is 0 Å². The molecule has 0 aliphatic heterocycles. The highest BCUT2D eigenvalue weighted by molar-refractivity contribution is 5.81. The van der Waals surface area contributed by atoms with Crippen molar-refractivity contribution in [3.63, 3.8) is 0 Å². The molecule has 2 N–H and O–H groups in total. The summed E-state index contributed by atoms with van der Waals surface area (Å²) in [4.78, 5) is 22.8. The molecule has 0 radical (unpaired) electrons. The van der Waals surface area contributed by atoms with Crippen LogP contribution < -0.4 is 5.32 Å². The Kier molecular flexibility index (Phi) is 6.18. The number of carbonyl (C=O) groups excluding carboxylic acids is 1. The Balaban J connectivity index is 2.62. The van der Waals surface area contributed by atoms with Gasteiger partial charge < -0.3 is 15.2 Å². The van der Waals surface area contributed by atoms with Gasteiger partial charge in [0.1, 0.15) is 6.10 Å². The van der Waals surface area contributed by atoms with Gasteiger partial charge in [0, 0.05) is 13.7 Å². The summed E-state index contributed by atoms with van der Waals surface area (Å²) in [5, 5.41) is 11.8. The largest absolute Gasteiger partial charge is 0.481 e. The molecule has 0 fully saturated rings. The summed E-state index contributed by atoms with van der Waals surface area (Å²) in [6.07, 6.45) is -0.193. The number of hydrogen-bond donors (Lipinski definition) is 2. The molecule has 0 spiro atoms. The van der Waals surface area contributed by atoms with E-state index in [1.165, 1.54) is 7.11 Å². The minimum absolute atomic E-state index is 0.0931. The smallest absolute Gasteiger partial charge is 0.308 e. The van der Waals surface area contributed by atoms with Crippen LogP contribution in [0.15, 0.2) is 24.3 Å². The lowest BCUT2D eigenvalue weighted by Crippen LogP contribution is -2.39. The first kappa shape index (κ1) is 16.2. The Hall–Kier alpha value is -1.88. The van der Waals surface area contributed by atoms with Crippen LogP contribution in [0.25, 0.3) is 0 Å². The van der Waals surface area contributed by atoms with Crippen LogP contribution in [-0.4, -0.2) is 36.7 Å². The predicted octanol–water partition coefficient (Wildman–Crippen LogP) is 1.39. The molecule has 0 aliphatic carbocycles. The first-order valence-electron chi connectivity index (χ1n) is 6.53. The molecule has 5 heteroatoms. The van der Waals surface area contributed by atoms with Crippen LogP contribution in [0, 0.1) is 12.8 Å². The molecule has 0 aliphatic rings. The zero-order valence-corrected chi connectivity index (χ0v) is 12.1. The lowest BCUT2D eigenvalue weighted by molar-refractivity contribution is -0.141. The molecule has 0 bridgehead atoms. The summed E-state index contributed by atoms with van der Waals surface area (Å²) in [7, 11) is 1.44. The van der Waals surface area contributed by atoms with Crippen molar-refractivity contribution in [1.82, 2.24) is 5.32 Å². The van der Waals surface area contributed by atoms with Crippen LogP contribution >= 0.6 is 0 Å². The van der Waals surface area contributed by atoms with Crippen molar-refractivity contribution < 1.29 is 19.4 Å². The molecular weight excluding hydrogens is 258 g/mol. The van der Waals surface area contributed by atoms with Crippen molar-refractivity contribution in [2.75, 3.05) is 13.7 Å². The topological polar surface area (TPSA) is 75.6 Å². The van der Waals surface area contributed by atoms with Crippen molar-refractivity contribution in [2.45, 2.75) is 26.4 Å². The molecule has 1 aromatic carbocycles. The predicted molar refractivity (Wildman–Crippen MR) is 75.5 cm³/mol. The normalized spacial score (nSPS) is 13.6. The van der Waals surface area contributed by atoms with Gasteiger partial charge in [-0.2, -0.15) is 0 Å². The van der Waals surface area contributed by atoms with E-state index in [-0.39, 0.29) is 12.5 Å². The lowest BCUT2D eigenvalue weighted by atomic mass is 9.98. The van der Waals surface area contributed by atoms with Crippen LogP contribution in [0.3, 0.4) is 0 Å². The first-order chi connectivity index (χ1) is 9.43. The first-order valence-corrected chi connectivity index (χ1v) is 6.53. The van der Waals surface area contributed by atoms with Gasteiger partial charge in [-0.3, -0.25) is 9.59 Å². The van der Waals surface area contributed by atoms with E-state index in [0.29, 0.717) is 6.42 Å². The summed E-state index contributed by atoms with van der Waals surface area (Å²) >= 11 is 0. The maximum atomic E-state index is 11.6. The highest BCUT2D eigenvalue weighted by atomic mass is 16.5. The minimum atomic E-state index is -0.920. The molecule has 1 amide bonds. The number of carbonyl (C=O) groups is 2. The number of methoxy groups -OCH3 is 1. The summed E-state index contributed by atoms with van der Waals surface area (Å²) < 4.78 is 4.88. The van der Waals surface area contributed by atoms with E-state index in [2.05, 4.69) is 5.32 Å². The third-order valence-electron chi connectivity index (χ3n) is 3.16. The molecule has 1 aromatic rings. The van der Waals surface area contributed by atoms with Crippen LogP contribution in [0.2, 0.25) is 0 Å². The van der Waals surface area contributed by atoms with E-state index in [0.717, 1.165) is 11.1 Å². The molecule has 0 heterocycles. The average molecular weight is 279 g/mol. The maximum Gasteiger partial charge on any atom is 0.308 e. The van der Waals surface area contributed by atoms with E-state index in [1.54, 1.807) is 6.92 Å². The van der Waals surface area contributed by atoms with Gasteiger partial charge >= 0.3 is 5.97 Å². The lowest BCUT2D eigenvalue weighted by Gasteiger charge is -2.15. The molecule has 1 rings (SSSR count). The average Bonchev–Trinajstić information content (AvgIpc) is 2.41. The summed E-state index contributed by atoms with van der Waals surface area (Å²) in [6.45, 7) is 3.67. The molecular formula is C15H21NO4.